The molecule has 0 heterocycles. The molecule has 0 saturated carbocycles. The van der Waals surface area contributed by atoms with Crippen molar-refractivity contribution in [3.63, 3.8) is 0 Å². The number of benzene rings is 1. The van der Waals surface area contributed by atoms with Gasteiger partial charge < -0.3 is 4.74 Å². The third-order valence-electron chi connectivity index (χ3n) is 4.06. The van der Waals surface area contributed by atoms with Crippen LogP contribution in [0.25, 0.3) is 0 Å². The maximum atomic E-state index is 13.9. The van der Waals surface area contributed by atoms with E-state index in [2.05, 4.69) is 20.8 Å². The Morgan fingerprint density at radius 1 is 1.14 bits per heavy atom. The van der Waals surface area contributed by atoms with Crippen LogP contribution in [-0.4, -0.2) is 6.61 Å². The number of hydrogen-bond donors (Lipinski definition) is 0. The van der Waals surface area contributed by atoms with Crippen molar-refractivity contribution < 1.29 is 10.6 Å². The first kappa shape index (κ1) is 18.0. The maximum Gasteiger partial charge on any atom is 0.165 e. The minimum absolute atomic E-state index is 0. The molecule has 0 N–H and O–H groups in total. The van der Waals surface area contributed by atoms with E-state index in [1.54, 1.807) is 12.1 Å². The Balaban J connectivity index is 0.00000441. The lowest BCUT2D eigenvalue weighted by atomic mass is 9.89. The smallest absolute Gasteiger partial charge is 0.165 e. The van der Waals surface area contributed by atoms with E-state index in [1.165, 1.54) is 32.1 Å². The molecule has 0 aliphatic carbocycles. The van der Waals surface area contributed by atoms with Crippen LogP contribution in [0.5, 0.6) is 5.75 Å². The largest absolute Gasteiger partial charge is 0.490 e. The van der Waals surface area contributed by atoms with Gasteiger partial charge in [0.2, 0.25) is 0 Å². The molecule has 1 rings (SSSR count). The second-order valence-electron chi connectivity index (χ2n) is 6.21. The Hall–Kier alpha value is -1.05. The topological polar surface area (TPSA) is 9.23 Å². The molecule has 2 heteroatoms. The highest BCUT2D eigenvalue weighted by atomic mass is 19.1. The molecule has 0 fully saturated rings. The summed E-state index contributed by atoms with van der Waals surface area (Å²) in [6, 6.07) is 5.29. The van der Waals surface area contributed by atoms with Crippen molar-refractivity contribution in [3.8, 4) is 5.75 Å². The SMILES string of the molecule is CCCC(CCC)CC(C)COc1ccc(CC)cc1F.[HH]. The van der Waals surface area contributed by atoms with E-state index < -0.39 is 0 Å². The second-order valence-corrected chi connectivity index (χ2v) is 6.21. The predicted molar refractivity (Wildman–Crippen MR) is 90.5 cm³/mol. The highest BCUT2D eigenvalue weighted by molar-refractivity contribution is 5.29. The van der Waals surface area contributed by atoms with Crippen LogP contribution in [0.3, 0.4) is 0 Å². The van der Waals surface area contributed by atoms with E-state index in [-0.39, 0.29) is 7.24 Å². The number of hydrogen-bond acceptors (Lipinski definition) is 1. The lowest BCUT2D eigenvalue weighted by Crippen LogP contribution is -2.14. The molecule has 0 aromatic heterocycles. The van der Waals surface area contributed by atoms with E-state index >= 15 is 0 Å². The Morgan fingerprint density at radius 3 is 2.33 bits per heavy atom. The Bertz CT molecular complexity index is 402. The lowest BCUT2D eigenvalue weighted by molar-refractivity contribution is 0.217. The van der Waals surface area contributed by atoms with E-state index in [0.29, 0.717) is 18.3 Å². The van der Waals surface area contributed by atoms with Crippen molar-refractivity contribution in [1.82, 2.24) is 0 Å². The zero-order valence-corrected chi connectivity index (χ0v) is 14.1. The monoisotopic (exact) mass is 296 g/mol. The summed E-state index contributed by atoms with van der Waals surface area (Å²) < 4.78 is 19.5. The fourth-order valence-electron chi connectivity index (χ4n) is 2.95. The summed E-state index contributed by atoms with van der Waals surface area (Å²) in [5, 5.41) is 0. The van der Waals surface area contributed by atoms with Crippen LogP contribution in [-0.2, 0) is 6.42 Å². The summed E-state index contributed by atoms with van der Waals surface area (Å²) in [6.45, 7) is 9.32. The summed E-state index contributed by atoms with van der Waals surface area (Å²) in [7, 11) is 0. The first-order valence-corrected chi connectivity index (χ1v) is 8.51. The van der Waals surface area contributed by atoms with Gasteiger partial charge in [0, 0.05) is 1.43 Å². The minimum Gasteiger partial charge on any atom is -0.490 e. The number of rotatable bonds is 10. The first-order valence-electron chi connectivity index (χ1n) is 8.51. The van der Waals surface area contributed by atoms with Crippen LogP contribution in [0.4, 0.5) is 4.39 Å². The van der Waals surface area contributed by atoms with Gasteiger partial charge in [-0.25, -0.2) is 4.39 Å². The van der Waals surface area contributed by atoms with Crippen molar-refractivity contribution in [2.45, 2.75) is 66.2 Å². The van der Waals surface area contributed by atoms with Crippen molar-refractivity contribution in [2.24, 2.45) is 11.8 Å². The van der Waals surface area contributed by atoms with Crippen LogP contribution in [0.1, 0.15) is 66.8 Å². The summed E-state index contributed by atoms with van der Waals surface area (Å²) in [4.78, 5) is 0. The Kier molecular flexibility index (Phi) is 8.41. The molecule has 21 heavy (non-hydrogen) atoms. The second kappa shape index (κ2) is 9.81. The number of aryl methyl sites for hydroxylation is 1. The molecule has 0 aliphatic rings. The molecule has 1 aromatic rings. The van der Waals surface area contributed by atoms with Gasteiger partial charge in [-0.15, -0.1) is 0 Å². The van der Waals surface area contributed by atoms with E-state index in [9.17, 15) is 4.39 Å². The quantitative estimate of drug-likeness (QED) is 0.495. The van der Waals surface area contributed by atoms with E-state index in [0.717, 1.165) is 17.9 Å². The van der Waals surface area contributed by atoms with Crippen molar-refractivity contribution in [2.75, 3.05) is 6.61 Å². The fraction of sp³-hybridized carbons (Fsp3) is 0.684. The molecule has 0 spiro atoms. The zero-order chi connectivity index (χ0) is 15.7. The normalized spacial score (nSPS) is 12.7. The van der Waals surface area contributed by atoms with Crippen LogP contribution in [0, 0.1) is 17.7 Å². The summed E-state index contributed by atoms with van der Waals surface area (Å²) in [5.74, 6) is 1.41. The highest BCUT2D eigenvalue weighted by Crippen LogP contribution is 2.24. The molecule has 0 aliphatic heterocycles. The molecule has 1 atom stereocenters. The standard InChI is InChI=1S/C19H31FO.H2/c1-5-8-17(9-6-2)12-15(4)14-21-19-11-10-16(7-3)13-18(19)20;/h10-11,13,15,17H,5-9,12,14H2,1-4H3;1H. The molecule has 122 valence electrons. The number of ether oxygens (including phenoxy) is 1. The third kappa shape index (κ3) is 6.50. The molecule has 0 bridgehead atoms. The lowest BCUT2D eigenvalue weighted by Gasteiger charge is -2.20. The van der Waals surface area contributed by atoms with Gasteiger partial charge in [-0.2, -0.15) is 0 Å². The molecule has 0 saturated heterocycles. The van der Waals surface area contributed by atoms with Gasteiger partial charge in [0.05, 0.1) is 6.61 Å². The fourth-order valence-corrected chi connectivity index (χ4v) is 2.95. The first-order chi connectivity index (χ1) is 10.1. The molecule has 1 nitrogen and oxygen atoms in total. The van der Waals surface area contributed by atoms with E-state index in [1.807, 2.05) is 13.0 Å². The minimum atomic E-state index is -0.236. The van der Waals surface area contributed by atoms with Gasteiger partial charge in [0.15, 0.2) is 11.6 Å². The average Bonchev–Trinajstić information content (AvgIpc) is 2.46. The molecule has 1 unspecified atom stereocenters. The zero-order valence-electron chi connectivity index (χ0n) is 14.1. The van der Waals surface area contributed by atoms with Crippen LogP contribution < -0.4 is 4.74 Å². The predicted octanol–water partition coefficient (Wildman–Crippen LogP) is 6.26. The average molecular weight is 296 g/mol. The van der Waals surface area contributed by atoms with Crippen LogP contribution >= 0.6 is 0 Å². The van der Waals surface area contributed by atoms with Gasteiger partial charge in [0.25, 0.3) is 0 Å². The summed E-state index contributed by atoms with van der Waals surface area (Å²) >= 11 is 0. The molecule has 0 radical (unpaired) electrons. The van der Waals surface area contributed by atoms with Crippen LogP contribution in [0.2, 0.25) is 0 Å². The van der Waals surface area contributed by atoms with Gasteiger partial charge in [0.1, 0.15) is 0 Å². The Morgan fingerprint density at radius 2 is 1.81 bits per heavy atom. The van der Waals surface area contributed by atoms with Crippen molar-refractivity contribution in [1.29, 1.82) is 0 Å². The van der Waals surface area contributed by atoms with Crippen molar-refractivity contribution in [3.05, 3.63) is 29.6 Å². The molecular formula is C19H33FO. The van der Waals surface area contributed by atoms with Gasteiger partial charge in [-0.1, -0.05) is 59.4 Å². The summed E-state index contributed by atoms with van der Waals surface area (Å²) in [6.07, 6.45) is 7.09. The highest BCUT2D eigenvalue weighted by Gasteiger charge is 2.13. The molecular weight excluding hydrogens is 263 g/mol. The third-order valence-corrected chi connectivity index (χ3v) is 4.06. The number of halogens is 1. The maximum absolute atomic E-state index is 13.9. The van der Waals surface area contributed by atoms with E-state index in [4.69, 9.17) is 4.74 Å². The Labute approximate surface area is 131 Å². The summed E-state index contributed by atoms with van der Waals surface area (Å²) in [5.41, 5.74) is 1.01. The van der Waals surface area contributed by atoms with Crippen LogP contribution in [0.15, 0.2) is 18.2 Å². The van der Waals surface area contributed by atoms with Crippen molar-refractivity contribution >= 4 is 0 Å². The molecule has 0 amide bonds. The molecule has 1 aromatic carbocycles. The van der Waals surface area contributed by atoms with Gasteiger partial charge in [-0.05, 0) is 42.4 Å². The van der Waals surface area contributed by atoms with Gasteiger partial charge >= 0.3 is 0 Å². The van der Waals surface area contributed by atoms with Gasteiger partial charge in [-0.3, -0.25) is 0 Å².